The van der Waals surface area contributed by atoms with E-state index >= 15 is 0 Å². The minimum atomic E-state index is 0.466. The molecule has 6 nitrogen and oxygen atoms in total. The van der Waals surface area contributed by atoms with Crippen LogP contribution in [-0.4, -0.2) is 47.1 Å². The van der Waals surface area contributed by atoms with Crippen molar-refractivity contribution in [2.75, 3.05) is 36.4 Å². The Bertz CT molecular complexity index is 887. The van der Waals surface area contributed by atoms with E-state index in [1.807, 2.05) is 32.2 Å². The van der Waals surface area contributed by atoms with Crippen LogP contribution in [0.5, 0.6) is 0 Å². The Morgan fingerprint density at radius 1 is 1.19 bits per heavy atom. The monoisotopic (exact) mass is 421 g/mol. The minimum Gasteiger partial charge on any atom is -0.441 e. The van der Waals surface area contributed by atoms with Crippen LogP contribution in [0, 0.1) is 6.92 Å². The van der Waals surface area contributed by atoms with Gasteiger partial charge < -0.3 is 14.6 Å². The number of oxazole rings is 1. The number of nitrogens with one attached hydrogen (secondary N) is 1. The number of hydrogen-bond acceptors (Lipinski definition) is 6. The van der Waals surface area contributed by atoms with Crippen molar-refractivity contribution in [3.05, 3.63) is 54.4 Å². The summed E-state index contributed by atoms with van der Waals surface area (Å²) in [5, 5.41) is 3.63. The molecule has 4 rings (SSSR count). The molecule has 0 amide bonds. The van der Waals surface area contributed by atoms with Gasteiger partial charge in [-0.15, -0.1) is 0 Å². The molecule has 0 spiro atoms. The molecule has 166 valence electrons. The molecular formula is C25H35N5O. The lowest BCUT2D eigenvalue weighted by atomic mass is 10.0. The Hall–Kier alpha value is -2.60. The summed E-state index contributed by atoms with van der Waals surface area (Å²) in [6.07, 6.45) is 12.0. The molecular weight excluding hydrogens is 386 g/mol. The van der Waals surface area contributed by atoms with E-state index in [0.29, 0.717) is 11.9 Å². The van der Waals surface area contributed by atoms with Crippen molar-refractivity contribution in [3.8, 4) is 0 Å². The van der Waals surface area contributed by atoms with Crippen molar-refractivity contribution in [1.29, 1.82) is 0 Å². The SMILES string of the molecule is C=C(C=CC)c1nc(CN2CCC(Nc3ccc(N4CCCCC4)cn3)CC2)c(C)o1. The number of rotatable bonds is 7. The van der Waals surface area contributed by atoms with E-state index in [2.05, 4.69) is 43.8 Å². The Balaban J connectivity index is 1.26. The van der Waals surface area contributed by atoms with Crippen molar-refractivity contribution >= 4 is 17.1 Å². The van der Waals surface area contributed by atoms with Gasteiger partial charge in [0.05, 0.1) is 17.6 Å². The molecule has 0 bridgehead atoms. The first-order valence-electron chi connectivity index (χ1n) is 11.6. The maximum Gasteiger partial charge on any atom is 0.225 e. The summed E-state index contributed by atoms with van der Waals surface area (Å²) in [6.45, 7) is 13.2. The summed E-state index contributed by atoms with van der Waals surface area (Å²) in [4.78, 5) is 14.3. The predicted octanol–water partition coefficient (Wildman–Crippen LogP) is 5.03. The van der Waals surface area contributed by atoms with Gasteiger partial charge in [0.15, 0.2) is 0 Å². The second-order valence-electron chi connectivity index (χ2n) is 8.69. The molecule has 2 aliphatic heterocycles. The van der Waals surface area contributed by atoms with E-state index < -0.39 is 0 Å². The molecule has 4 heterocycles. The van der Waals surface area contributed by atoms with Gasteiger partial charge in [0, 0.05) is 44.3 Å². The van der Waals surface area contributed by atoms with Crippen molar-refractivity contribution in [2.45, 2.75) is 58.5 Å². The van der Waals surface area contributed by atoms with E-state index in [-0.39, 0.29) is 0 Å². The van der Waals surface area contributed by atoms with Gasteiger partial charge in [-0.25, -0.2) is 9.97 Å². The molecule has 31 heavy (non-hydrogen) atoms. The summed E-state index contributed by atoms with van der Waals surface area (Å²) in [6, 6.07) is 4.81. The molecule has 0 atom stereocenters. The lowest BCUT2D eigenvalue weighted by Gasteiger charge is -2.32. The highest BCUT2D eigenvalue weighted by Gasteiger charge is 2.22. The molecule has 2 aromatic heterocycles. The van der Waals surface area contributed by atoms with Crippen LogP contribution in [-0.2, 0) is 6.54 Å². The largest absolute Gasteiger partial charge is 0.441 e. The number of aromatic nitrogens is 2. The van der Waals surface area contributed by atoms with E-state index in [4.69, 9.17) is 4.42 Å². The van der Waals surface area contributed by atoms with Crippen LogP contribution >= 0.6 is 0 Å². The maximum absolute atomic E-state index is 5.81. The molecule has 2 aromatic rings. The third kappa shape index (κ3) is 5.56. The van der Waals surface area contributed by atoms with Gasteiger partial charge in [-0.2, -0.15) is 0 Å². The Morgan fingerprint density at radius 3 is 2.65 bits per heavy atom. The van der Waals surface area contributed by atoms with Gasteiger partial charge in [0.2, 0.25) is 5.89 Å². The lowest BCUT2D eigenvalue weighted by Crippen LogP contribution is -2.39. The van der Waals surface area contributed by atoms with Gasteiger partial charge in [-0.3, -0.25) is 4.90 Å². The van der Waals surface area contributed by atoms with Crippen LogP contribution in [0.15, 0.2) is 41.5 Å². The Kier molecular flexibility index (Phi) is 7.07. The zero-order valence-corrected chi connectivity index (χ0v) is 18.9. The van der Waals surface area contributed by atoms with Crippen molar-refractivity contribution < 1.29 is 4.42 Å². The number of aryl methyl sites for hydroxylation is 1. The molecule has 2 aliphatic rings. The van der Waals surface area contributed by atoms with E-state index in [9.17, 15) is 0 Å². The van der Waals surface area contributed by atoms with Crippen molar-refractivity contribution in [3.63, 3.8) is 0 Å². The summed E-state index contributed by atoms with van der Waals surface area (Å²) < 4.78 is 5.81. The number of hydrogen-bond donors (Lipinski definition) is 1. The Morgan fingerprint density at radius 2 is 1.97 bits per heavy atom. The van der Waals surface area contributed by atoms with Gasteiger partial charge in [-0.1, -0.05) is 18.7 Å². The number of allylic oxidation sites excluding steroid dienone is 3. The van der Waals surface area contributed by atoms with Crippen molar-refractivity contribution in [2.24, 2.45) is 0 Å². The third-order valence-electron chi connectivity index (χ3n) is 6.32. The highest BCUT2D eigenvalue weighted by atomic mass is 16.4. The molecule has 0 unspecified atom stereocenters. The molecule has 0 aliphatic carbocycles. The highest BCUT2D eigenvalue weighted by molar-refractivity contribution is 5.66. The molecule has 0 saturated carbocycles. The van der Waals surface area contributed by atoms with Crippen molar-refractivity contribution in [1.82, 2.24) is 14.9 Å². The summed E-state index contributed by atoms with van der Waals surface area (Å²) in [5.41, 5.74) is 3.08. The lowest BCUT2D eigenvalue weighted by molar-refractivity contribution is 0.208. The number of anilines is 2. The van der Waals surface area contributed by atoms with Gasteiger partial charge in [0.1, 0.15) is 11.6 Å². The molecule has 1 N–H and O–H groups in total. The van der Waals surface area contributed by atoms with Gasteiger partial charge in [0.25, 0.3) is 0 Å². The van der Waals surface area contributed by atoms with Crippen LogP contribution in [0.3, 0.4) is 0 Å². The number of likely N-dealkylation sites (tertiary alicyclic amines) is 1. The first-order valence-corrected chi connectivity index (χ1v) is 11.6. The van der Waals surface area contributed by atoms with E-state index in [1.165, 1.54) is 24.9 Å². The summed E-state index contributed by atoms with van der Waals surface area (Å²) >= 11 is 0. The van der Waals surface area contributed by atoms with Crippen LogP contribution in [0.4, 0.5) is 11.5 Å². The second kappa shape index (κ2) is 10.1. The maximum atomic E-state index is 5.81. The topological polar surface area (TPSA) is 57.4 Å². The fourth-order valence-electron chi connectivity index (χ4n) is 4.45. The predicted molar refractivity (Wildman–Crippen MR) is 127 cm³/mol. The average Bonchev–Trinajstić information content (AvgIpc) is 3.17. The highest BCUT2D eigenvalue weighted by Crippen LogP contribution is 2.23. The smallest absolute Gasteiger partial charge is 0.225 e. The van der Waals surface area contributed by atoms with E-state index in [1.54, 1.807) is 0 Å². The first kappa shape index (κ1) is 21.6. The molecule has 2 fully saturated rings. The first-order chi connectivity index (χ1) is 15.1. The fraction of sp³-hybridized carbons (Fsp3) is 0.520. The van der Waals surface area contributed by atoms with Gasteiger partial charge >= 0.3 is 0 Å². The normalized spacial score (nSPS) is 18.6. The standard InChI is InChI=1S/C25H35N5O/c1-4-8-19(2)25-28-23(20(3)31-25)18-29-15-11-21(12-16-29)27-24-10-9-22(17-26-24)30-13-6-5-7-14-30/h4,8-10,17,21H,2,5-7,11-16,18H2,1,3H3,(H,26,27). The zero-order chi connectivity index (χ0) is 21.6. The van der Waals surface area contributed by atoms with Crippen LogP contribution in [0.2, 0.25) is 0 Å². The summed E-state index contributed by atoms with van der Waals surface area (Å²) in [7, 11) is 0. The van der Waals surface area contributed by atoms with Gasteiger partial charge in [-0.05, 0) is 58.1 Å². The number of nitrogens with zero attached hydrogens (tertiary/aromatic N) is 4. The second-order valence-corrected chi connectivity index (χ2v) is 8.69. The molecule has 2 saturated heterocycles. The van der Waals surface area contributed by atoms with E-state index in [0.717, 1.165) is 68.4 Å². The zero-order valence-electron chi connectivity index (χ0n) is 18.9. The molecule has 0 radical (unpaired) electrons. The number of piperidine rings is 2. The number of pyridine rings is 1. The van der Waals surface area contributed by atoms with Crippen LogP contribution < -0.4 is 10.2 Å². The summed E-state index contributed by atoms with van der Waals surface area (Å²) in [5.74, 6) is 2.50. The average molecular weight is 422 g/mol. The third-order valence-corrected chi connectivity index (χ3v) is 6.32. The molecule has 0 aromatic carbocycles. The van der Waals surface area contributed by atoms with Crippen LogP contribution in [0.25, 0.3) is 5.57 Å². The minimum absolute atomic E-state index is 0.466. The fourth-order valence-corrected chi connectivity index (χ4v) is 4.45. The quantitative estimate of drug-likeness (QED) is 0.633. The van der Waals surface area contributed by atoms with Crippen LogP contribution in [0.1, 0.15) is 56.4 Å². The molecule has 6 heteroatoms. The Labute approximate surface area is 186 Å².